The average molecular weight is 221 g/mol. The van der Waals surface area contributed by atoms with Gasteiger partial charge in [-0.05, 0) is 17.5 Å². The molecule has 1 rings (SSSR count). The lowest BCUT2D eigenvalue weighted by Gasteiger charge is -2.05. The molecule has 0 aromatic heterocycles. The minimum Gasteiger partial charge on any atom is -0.481 e. The fourth-order valence-corrected chi connectivity index (χ4v) is 1.37. The highest BCUT2D eigenvalue weighted by Gasteiger charge is 2.00. The van der Waals surface area contributed by atoms with Crippen LogP contribution in [0.15, 0.2) is 24.3 Å². The van der Waals surface area contributed by atoms with E-state index in [1.54, 1.807) is 0 Å². The van der Waals surface area contributed by atoms with E-state index in [0.29, 0.717) is 13.0 Å². The molecule has 0 unspecified atom stereocenters. The average Bonchev–Trinajstić information content (AvgIpc) is 2.24. The van der Waals surface area contributed by atoms with Gasteiger partial charge in [0.15, 0.2) is 0 Å². The molecule has 0 saturated heterocycles. The Kier molecular flexibility index (Phi) is 4.51. The second-order valence-corrected chi connectivity index (χ2v) is 3.62. The van der Waals surface area contributed by atoms with Crippen LogP contribution in [0.2, 0.25) is 0 Å². The summed E-state index contributed by atoms with van der Waals surface area (Å²) in [5, 5.41) is 11.3. The number of hydrogen-bond donors (Lipinski definition) is 2. The summed E-state index contributed by atoms with van der Waals surface area (Å²) in [6, 6.07) is 7.58. The van der Waals surface area contributed by atoms with Crippen molar-refractivity contribution >= 4 is 11.9 Å². The van der Waals surface area contributed by atoms with Gasteiger partial charge in [-0.15, -0.1) is 0 Å². The fourth-order valence-electron chi connectivity index (χ4n) is 1.37. The molecule has 2 N–H and O–H groups in total. The van der Waals surface area contributed by atoms with Crippen LogP contribution in [0.3, 0.4) is 0 Å². The Morgan fingerprint density at radius 2 is 2.00 bits per heavy atom. The third kappa shape index (κ3) is 4.59. The maximum Gasteiger partial charge on any atom is 0.303 e. The lowest BCUT2D eigenvalue weighted by atomic mass is 10.1. The van der Waals surface area contributed by atoms with Crippen LogP contribution in [-0.4, -0.2) is 17.0 Å². The van der Waals surface area contributed by atoms with E-state index in [1.165, 1.54) is 6.92 Å². The second kappa shape index (κ2) is 5.90. The third-order valence-corrected chi connectivity index (χ3v) is 2.16. The number of aryl methyl sites for hydroxylation is 1. The molecule has 0 bridgehead atoms. The zero-order valence-corrected chi connectivity index (χ0v) is 9.19. The molecule has 0 aliphatic rings. The number of hydrogen-bond acceptors (Lipinski definition) is 2. The number of carbonyl (C=O) groups excluding carboxylic acids is 1. The third-order valence-electron chi connectivity index (χ3n) is 2.16. The molecule has 1 aromatic rings. The Hall–Kier alpha value is -1.84. The summed E-state index contributed by atoms with van der Waals surface area (Å²) in [5.41, 5.74) is 1.96. The van der Waals surface area contributed by atoms with Crippen LogP contribution in [0, 0.1) is 0 Å². The SMILES string of the molecule is CC(=O)NCc1cccc(CCC(=O)O)c1. The Morgan fingerprint density at radius 3 is 2.62 bits per heavy atom. The van der Waals surface area contributed by atoms with E-state index in [2.05, 4.69) is 5.32 Å². The first kappa shape index (κ1) is 12.2. The number of aliphatic carboxylic acids is 1. The second-order valence-electron chi connectivity index (χ2n) is 3.62. The normalized spacial score (nSPS) is 9.81. The van der Waals surface area contributed by atoms with Gasteiger partial charge < -0.3 is 10.4 Å². The molecule has 0 heterocycles. The number of amides is 1. The number of carboxylic acid groups (broad SMARTS) is 1. The molecule has 0 radical (unpaired) electrons. The van der Waals surface area contributed by atoms with E-state index in [4.69, 9.17) is 5.11 Å². The summed E-state index contributed by atoms with van der Waals surface area (Å²) >= 11 is 0. The molecule has 4 heteroatoms. The van der Waals surface area contributed by atoms with Crippen LogP contribution in [0.4, 0.5) is 0 Å². The molecule has 4 nitrogen and oxygen atoms in total. The van der Waals surface area contributed by atoms with Crippen molar-refractivity contribution in [1.82, 2.24) is 5.32 Å². The van der Waals surface area contributed by atoms with E-state index in [-0.39, 0.29) is 12.3 Å². The van der Waals surface area contributed by atoms with Crippen molar-refractivity contribution in [2.75, 3.05) is 0 Å². The number of carbonyl (C=O) groups is 2. The largest absolute Gasteiger partial charge is 0.481 e. The number of rotatable bonds is 5. The zero-order chi connectivity index (χ0) is 12.0. The monoisotopic (exact) mass is 221 g/mol. The smallest absolute Gasteiger partial charge is 0.303 e. The van der Waals surface area contributed by atoms with Gasteiger partial charge in [0.1, 0.15) is 0 Å². The van der Waals surface area contributed by atoms with Gasteiger partial charge in [0.2, 0.25) is 5.91 Å². The van der Waals surface area contributed by atoms with Gasteiger partial charge in [0.25, 0.3) is 0 Å². The van der Waals surface area contributed by atoms with Gasteiger partial charge in [0.05, 0.1) is 0 Å². The Balaban J connectivity index is 2.56. The number of benzene rings is 1. The molecule has 0 atom stereocenters. The Labute approximate surface area is 94.3 Å². The molecular weight excluding hydrogens is 206 g/mol. The van der Waals surface area contributed by atoms with Crippen molar-refractivity contribution in [1.29, 1.82) is 0 Å². The van der Waals surface area contributed by atoms with Crippen molar-refractivity contribution in [2.24, 2.45) is 0 Å². The molecule has 0 fully saturated rings. The van der Waals surface area contributed by atoms with Gasteiger partial charge in [-0.2, -0.15) is 0 Å². The fraction of sp³-hybridized carbons (Fsp3) is 0.333. The van der Waals surface area contributed by atoms with Crippen LogP contribution < -0.4 is 5.32 Å². The summed E-state index contributed by atoms with van der Waals surface area (Å²) < 4.78 is 0. The first-order valence-electron chi connectivity index (χ1n) is 5.12. The molecule has 86 valence electrons. The van der Waals surface area contributed by atoms with E-state index in [1.807, 2.05) is 24.3 Å². The standard InChI is InChI=1S/C12H15NO3/c1-9(14)13-8-11-4-2-3-10(7-11)5-6-12(15)16/h2-4,7H,5-6,8H2,1H3,(H,13,14)(H,15,16). The molecule has 1 amide bonds. The van der Waals surface area contributed by atoms with Gasteiger partial charge in [-0.3, -0.25) is 9.59 Å². The van der Waals surface area contributed by atoms with Gasteiger partial charge in [0, 0.05) is 19.9 Å². The van der Waals surface area contributed by atoms with Crippen molar-refractivity contribution < 1.29 is 14.7 Å². The van der Waals surface area contributed by atoms with Crippen LogP contribution in [0.5, 0.6) is 0 Å². The highest BCUT2D eigenvalue weighted by molar-refractivity contribution is 5.72. The molecule has 0 spiro atoms. The highest BCUT2D eigenvalue weighted by atomic mass is 16.4. The predicted molar refractivity (Wildman–Crippen MR) is 59.9 cm³/mol. The minimum atomic E-state index is -0.799. The Morgan fingerprint density at radius 1 is 1.31 bits per heavy atom. The maximum atomic E-state index is 10.7. The van der Waals surface area contributed by atoms with Crippen LogP contribution in [0.25, 0.3) is 0 Å². The first-order chi connectivity index (χ1) is 7.58. The quantitative estimate of drug-likeness (QED) is 0.788. The molecule has 0 saturated carbocycles. The molecule has 1 aromatic carbocycles. The number of nitrogens with one attached hydrogen (secondary N) is 1. The van der Waals surface area contributed by atoms with E-state index >= 15 is 0 Å². The van der Waals surface area contributed by atoms with Crippen LogP contribution >= 0.6 is 0 Å². The summed E-state index contributed by atoms with van der Waals surface area (Å²) in [6.45, 7) is 1.95. The van der Waals surface area contributed by atoms with Gasteiger partial charge in [-0.1, -0.05) is 24.3 Å². The van der Waals surface area contributed by atoms with Crippen molar-refractivity contribution in [3.05, 3.63) is 35.4 Å². The highest BCUT2D eigenvalue weighted by Crippen LogP contribution is 2.07. The van der Waals surface area contributed by atoms with Crippen LogP contribution in [-0.2, 0) is 22.6 Å². The topological polar surface area (TPSA) is 66.4 Å². The number of carboxylic acids is 1. The Bertz CT molecular complexity index is 354. The summed E-state index contributed by atoms with van der Waals surface area (Å²) in [4.78, 5) is 21.1. The first-order valence-corrected chi connectivity index (χ1v) is 5.12. The minimum absolute atomic E-state index is 0.0732. The van der Waals surface area contributed by atoms with E-state index in [0.717, 1.165) is 11.1 Å². The molecular formula is C12H15NO3. The lowest BCUT2D eigenvalue weighted by molar-refractivity contribution is -0.137. The van der Waals surface area contributed by atoms with Crippen molar-refractivity contribution in [3.63, 3.8) is 0 Å². The summed E-state index contributed by atoms with van der Waals surface area (Å²) in [7, 11) is 0. The van der Waals surface area contributed by atoms with Crippen LogP contribution in [0.1, 0.15) is 24.5 Å². The van der Waals surface area contributed by atoms with Crippen molar-refractivity contribution in [2.45, 2.75) is 26.3 Å². The zero-order valence-electron chi connectivity index (χ0n) is 9.19. The van der Waals surface area contributed by atoms with E-state index < -0.39 is 5.97 Å². The maximum absolute atomic E-state index is 10.7. The van der Waals surface area contributed by atoms with Gasteiger partial charge >= 0.3 is 5.97 Å². The molecule has 0 aliphatic carbocycles. The van der Waals surface area contributed by atoms with Gasteiger partial charge in [-0.25, -0.2) is 0 Å². The molecule has 16 heavy (non-hydrogen) atoms. The summed E-state index contributed by atoms with van der Waals surface area (Å²) in [5.74, 6) is -0.872. The van der Waals surface area contributed by atoms with E-state index in [9.17, 15) is 9.59 Å². The summed E-state index contributed by atoms with van der Waals surface area (Å²) in [6.07, 6.45) is 0.646. The lowest BCUT2D eigenvalue weighted by Crippen LogP contribution is -2.18. The predicted octanol–water partition coefficient (Wildman–Crippen LogP) is 1.34. The molecule has 0 aliphatic heterocycles. The van der Waals surface area contributed by atoms with Crippen molar-refractivity contribution in [3.8, 4) is 0 Å².